The summed E-state index contributed by atoms with van der Waals surface area (Å²) in [4.78, 5) is 7.47. The van der Waals surface area contributed by atoms with Gasteiger partial charge in [-0.3, -0.25) is 0 Å². The molecule has 4 N–H and O–H groups in total. The van der Waals surface area contributed by atoms with E-state index in [1.165, 1.54) is 4.90 Å². The summed E-state index contributed by atoms with van der Waals surface area (Å²) < 4.78 is 0. The zero-order valence-corrected chi connectivity index (χ0v) is 8.39. The molecule has 0 saturated heterocycles. The van der Waals surface area contributed by atoms with Gasteiger partial charge in [0.05, 0.1) is 19.7 Å². The van der Waals surface area contributed by atoms with Gasteiger partial charge in [0, 0.05) is 0 Å². The molecule has 0 amide bonds. The molecule has 1 heterocycles. The molecule has 0 aliphatic heterocycles. The van der Waals surface area contributed by atoms with Crippen LogP contribution in [0.25, 0.3) is 11.0 Å². The van der Waals surface area contributed by atoms with Gasteiger partial charge in [-0.15, -0.1) is 0 Å². The topological polar surface area (TPSA) is 54.6 Å². The number of fused-ring (bicyclic) bond motifs is 1. The smallest absolute Gasteiger partial charge is 0.240 e. The quantitative estimate of drug-likeness (QED) is 0.582. The number of quaternary nitrogens is 1. The van der Waals surface area contributed by atoms with E-state index in [1.54, 1.807) is 12.4 Å². The highest BCUT2D eigenvalue weighted by Crippen LogP contribution is 2.21. The Labute approximate surface area is 82.2 Å². The zero-order valence-electron chi connectivity index (χ0n) is 8.39. The summed E-state index contributed by atoms with van der Waals surface area (Å²) in [5.74, 6) is 0.356. The molecule has 74 valence electrons. The minimum absolute atomic E-state index is 0.356. The Bertz CT molecular complexity index is 448. The average Bonchev–Trinajstić information content (AvgIpc) is 2.57. The minimum Gasteiger partial charge on any atom is -0.507 e. The summed E-state index contributed by atoms with van der Waals surface area (Å²) in [5, 5.41) is 9.73. The SMILES string of the molecule is C[NH+](C)Cc1c(O)ccc2[nH]c[nH+]c12. The molecule has 1 aromatic heterocycles. The molecule has 14 heavy (non-hydrogen) atoms. The third kappa shape index (κ3) is 1.44. The van der Waals surface area contributed by atoms with E-state index in [9.17, 15) is 5.11 Å². The standard InChI is InChI=1S/C10H13N3O/c1-13(2)5-7-9(14)4-3-8-10(7)12-6-11-8/h3-4,6,14H,5H2,1-2H3,(H,11,12)/p+2. The number of benzene rings is 1. The van der Waals surface area contributed by atoms with Crippen LogP contribution in [0.15, 0.2) is 18.5 Å². The fourth-order valence-corrected chi connectivity index (χ4v) is 1.64. The second-order valence-electron chi connectivity index (χ2n) is 3.80. The normalized spacial score (nSPS) is 11.4. The number of hydrogen-bond donors (Lipinski definition) is 3. The van der Waals surface area contributed by atoms with Gasteiger partial charge in [0.25, 0.3) is 0 Å². The van der Waals surface area contributed by atoms with E-state index in [0.717, 1.165) is 23.1 Å². The average molecular weight is 193 g/mol. The van der Waals surface area contributed by atoms with Crippen LogP contribution in [0, 0.1) is 0 Å². The summed E-state index contributed by atoms with van der Waals surface area (Å²) >= 11 is 0. The molecule has 2 rings (SSSR count). The van der Waals surface area contributed by atoms with E-state index in [0.29, 0.717) is 5.75 Å². The summed E-state index contributed by atoms with van der Waals surface area (Å²) in [6, 6.07) is 3.60. The maximum Gasteiger partial charge on any atom is 0.240 e. The largest absolute Gasteiger partial charge is 0.507 e. The molecule has 0 saturated carbocycles. The Balaban J connectivity index is 2.58. The molecule has 0 atom stereocenters. The van der Waals surface area contributed by atoms with E-state index >= 15 is 0 Å². The van der Waals surface area contributed by atoms with Gasteiger partial charge >= 0.3 is 0 Å². The highest BCUT2D eigenvalue weighted by atomic mass is 16.3. The third-order valence-electron chi connectivity index (χ3n) is 2.26. The molecule has 0 aliphatic carbocycles. The number of phenols is 1. The maximum absolute atomic E-state index is 9.73. The molecule has 4 heteroatoms. The Hall–Kier alpha value is -1.55. The van der Waals surface area contributed by atoms with Crippen LogP contribution in [0.5, 0.6) is 5.75 Å². The van der Waals surface area contributed by atoms with Crippen LogP contribution in [0.1, 0.15) is 5.56 Å². The maximum atomic E-state index is 9.73. The van der Waals surface area contributed by atoms with Crippen LogP contribution >= 0.6 is 0 Å². The van der Waals surface area contributed by atoms with Crippen molar-refractivity contribution >= 4 is 11.0 Å². The number of aromatic amines is 2. The lowest BCUT2D eigenvalue weighted by Gasteiger charge is -2.07. The van der Waals surface area contributed by atoms with E-state index < -0.39 is 0 Å². The number of phenolic OH excluding ortho intramolecular Hbond substituents is 1. The lowest BCUT2D eigenvalue weighted by atomic mass is 10.1. The summed E-state index contributed by atoms with van der Waals surface area (Å²) in [6.07, 6.45) is 1.78. The summed E-state index contributed by atoms with van der Waals surface area (Å²) in [5.41, 5.74) is 2.98. The van der Waals surface area contributed by atoms with Crippen molar-refractivity contribution < 1.29 is 15.0 Å². The second-order valence-corrected chi connectivity index (χ2v) is 3.80. The number of hydrogen-bond acceptors (Lipinski definition) is 1. The van der Waals surface area contributed by atoms with Crippen LogP contribution in [0.2, 0.25) is 0 Å². The van der Waals surface area contributed by atoms with Gasteiger partial charge in [-0.2, -0.15) is 0 Å². The van der Waals surface area contributed by atoms with Crippen molar-refractivity contribution in [2.75, 3.05) is 14.1 Å². The number of rotatable bonds is 2. The Morgan fingerprint density at radius 2 is 2.21 bits per heavy atom. The second kappa shape index (κ2) is 3.31. The van der Waals surface area contributed by atoms with Gasteiger partial charge < -0.3 is 10.0 Å². The van der Waals surface area contributed by atoms with Crippen LogP contribution in [-0.4, -0.2) is 24.2 Å². The Kier molecular flexibility index (Phi) is 2.13. The van der Waals surface area contributed by atoms with Gasteiger partial charge in [-0.1, -0.05) is 0 Å². The molecular formula is C10H15N3O+2. The third-order valence-corrected chi connectivity index (χ3v) is 2.26. The van der Waals surface area contributed by atoms with Gasteiger partial charge in [-0.25, -0.2) is 9.97 Å². The monoisotopic (exact) mass is 193 g/mol. The van der Waals surface area contributed by atoms with Crippen LogP contribution in [-0.2, 0) is 6.54 Å². The van der Waals surface area contributed by atoms with Gasteiger partial charge in [0.2, 0.25) is 6.33 Å². The minimum atomic E-state index is 0.356. The molecule has 0 radical (unpaired) electrons. The van der Waals surface area contributed by atoms with Crippen LogP contribution < -0.4 is 9.88 Å². The molecule has 2 aromatic rings. The number of aromatic hydroxyl groups is 1. The lowest BCUT2D eigenvalue weighted by molar-refractivity contribution is -0.872. The van der Waals surface area contributed by atoms with Gasteiger partial charge in [0.15, 0.2) is 11.0 Å². The predicted molar refractivity (Wildman–Crippen MR) is 53.0 cm³/mol. The van der Waals surface area contributed by atoms with E-state index in [2.05, 4.69) is 24.1 Å². The van der Waals surface area contributed by atoms with E-state index in [-0.39, 0.29) is 0 Å². The van der Waals surface area contributed by atoms with E-state index in [4.69, 9.17) is 0 Å². The predicted octanol–water partition coefficient (Wildman–Crippen LogP) is -0.668. The summed E-state index contributed by atoms with van der Waals surface area (Å²) in [7, 11) is 4.12. The number of imidazole rings is 1. The molecule has 0 bridgehead atoms. The molecule has 4 nitrogen and oxygen atoms in total. The first-order chi connectivity index (χ1) is 6.68. The van der Waals surface area contributed by atoms with Crippen molar-refractivity contribution in [1.82, 2.24) is 4.98 Å². The lowest BCUT2D eigenvalue weighted by Crippen LogP contribution is -3.04. The van der Waals surface area contributed by atoms with Crippen molar-refractivity contribution in [3.8, 4) is 5.75 Å². The van der Waals surface area contributed by atoms with Crippen molar-refractivity contribution in [3.05, 3.63) is 24.0 Å². The molecular weight excluding hydrogens is 178 g/mol. The number of H-pyrrole nitrogens is 2. The van der Waals surface area contributed by atoms with Crippen molar-refractivity contribution in [1.29, 1.82) is 0 Å². The molecule has 0 unspecified atom stereocenters. The first kappa shape index (κ1) is 9.02. The molecule has 1 aromatic carbocycles. The zero-order chi connectivity index (χ0) is 10.1. The van der Waals surface area contributed by atoms with E-state index in [1.807, 2.05) is 6.07 Å². The molecule has 0 spiro atoms. The Morgan fingerprint density at radius 3 is 2.93 bits per heavy atom. The molecule has 0 fully saturated rings. The Morgan fingerprint density at radius 1 is 1.43 bits per heavy atom. The highest BCUT2D eigenvalue weighted by Gasteiger charge is 2.15. The molecule has 0 aliphatic rings. The fourth-order valence-electron chi connectivity index (χ4n) is 1.64. The first-order valence-electron chi connectivity index (χ1n) is 4.67. The van der Waals surface area contributed by atoms with Crippen molar-refractivity contribution in [2.24, 2.45) is 0 Å². The fraction of sp³-hybridized carbons (Fsp3) is 0.300. The first-order valence-corrected chi connectivity index (χ1v) is 4.67. The van der Waals surface area contributed by atoms with Crippen molar-refractivity contribution in [3.63, 3.8) is 0 Å². The van der Waals surface area contributed by atoms with Gasteiger partial charge in [0.1, 0.15) is 12.3 Å². The van der Waals surface area contributed by atoms with Crippen molar-refractivity contribution in [2.45, 2.75) is 6.54 Å². The number of aromatic nitrogens is 2. The number of nitrogens with one attached hydrogen (secondary N) is 3. The highest BCUT2D eigenvalue weighted by molar-refractivity contribution is 5.77. The van der Waals surface area contributed by atoms with Crippen LogP contribution in [0.3, 0.4) is 0 Å². The summed E-state index contributed by atoms with van der Waals surface area (Å²) in [6.45, 7) is 0.803. The van der Waals surface area contributed by atoms with Gasteiger partial charge in [-0.05, 0) is 12.1 Å². The van der Waals surface area contributed by atoms with Crippen LogP contribution in [0.4, 0.5) is 0 Å².